The predicted molar refractivity (Wildman–Crippen MR) is 57.0 cm³/mol. The molecule has 0 spiro atoms. The maximum Gasteiger partial charge on any atom is 0.0972 e. The summed E-state index contributed by atoms with van der Waals surface area (Å²) >= 11 is 5.63. The fraction of sp³-hybridized carbons (Fsp3) is 0.700. The quantitative estimate of drug-likeness (QED) is 0.471. The van der Waals surface area contributed by atoms with Crippen molar-refractivity contribution in [2.75, 3.05) is 6.54 Å². The smallest absolute Gasteiger partial charge is 0.0972 e. The van der Waals surface area contributed by atoms with Gasteiger partial charge in [0.25, 0.3) is 0 Å². The van der Waals surface area contributed by atoms with E-state index in [-0.39, 0.29) is 0 Å². The number of hydrogen-bond acceptors (Lipinski definition) is 1. The Kier molecular flexibility index (Phi) is 6.09. The highest BCUT2D eigenvalue weighted by Gasteiger charge is 2.00. The standard InChI is InChI=1S/C10H18ClN/c1-5-8(2)6-9(3)7-12-10(4)11/h5,9H,6-7H2,1-4H3. The van der Waals surface area contributed by atoms with Crippen LogP contribution in [0.3, 0.4) is 0 Å². The fourth-order valence-corrected chi connectivity index (χ4v) is 1.08. The number of hydrogen-bond donors (Lipinski definition) is 0. The molecule has 0 amide bonds. The van der Waals surface area contributed by atoms with Crippen molar-refractivity contribution in [1.82, 2.24) is 0 Å². The van der Waals surface area contributed by atoms with Crippen LogP contribution in [-0.2, 0) is 0 Å². The van der Waals surface area contributed by atoms with E-state index in [9.17, 15) is 0 Å². The first kappa shape index (κ1) is 11.7. The summed E-state index contributed by atoms with van der Waals surface area (Å²) in [6, 6.07) is 0. The van der Waals surface area contributed by atoms with Gasteiger partial charge in [0.15, 0.2) is 0 Å². The molecule has 0 aliphatic rings. The highest BCUT2D eigenvalue weighted by Crippen LogP contribution is 2.10. The molecule has 0 aromatic rings. The molecule has 0 rings (SSSR count). The summed E-state index contributed by atoms with van der Waals surface area (Å²) in [6.45, 7) is 9.06. The Balaban J connectivity index is 3.75. The molecule has 0 aromatic heterocycles. The Labute approximate surface area is 80.5 Å². The SMILES string of the molecule is CC=C(C)CC(C)CN=C(C)Cl. The number of rotatable bonds is 4. The molecule has 0 bridgehead atoms. The molecular formula is C10H18ClN. The van der Waals surface area contributed by atoms with E-state index in [0.29, 0.717) is 11.1 Å². The highest BCUT2D eigenvalue weighted by atomic mass is 35.5. The van der Waals surface area contributed by atoms with Gasteiger partial charge in [0.1, 0.15) is 0 Å². The lowest BCUT2D eigenvalue weighted by Crippen LogP contribution is -2.00. The molecule has 0 fully saturated rings. The van der Waals surface area contributed by atoms with Crippen LogP contribution in [0.15, 0.2) is 16.6 Å². The Bertz CT molecular complexity index is 178. The summed E-state index contributed by atoms with van der Waals surface area (Å²) in [7, 11) is 0. The largest absolute Gasteiger partial charge is 0.278 e. The summed E-state index contributed by atoms with van der Waals surface area (Å²) in [5.74, 6) is 0.592. The third-order valence-electron chi connectivity index (χ3n) is 1.78. The summed E-state index contributed by atoms with van der Waals surface area (Å²) in [5.41, 5.74) is 1.42. The number of nitrogens with zero attached hydrogens (tertiary/aromatic N) is 1. The normalized spacial score (nSPS) is 16.4. The third-order valence-corrected chi connectivity index (χ3v) is 1.90. The lowest BCUT2D eigenvalue weighted by Gasteiger charge is -2.07. The van der Waals surface area contributed by atoms with Gasteiger partial charge in [-0.05, 0) is 33.1 Å². The van der Waals surface area contributed by atoms with E-state index in [1.165, 1.54) is 5.57 Å². The molecule has 0 aliphatic heterocycles. The maximum absolute atomic E-state index is 5.63. The zero-order chi connectivity index (χ0) is 9.56. The van der Waals surface area contributed by atoms with Crippen molar-refractivity contribution in [3.8, 4) is 0 Å². The second kappa shape index (κ2) is 6.24. The minimum Gasteiger partial charge on any atom is -0.278 e. The van der Waals surface area contributed by atoms with Gasteiger partial charge in [-0.2, -0.15) is 0 Å². The molecule has 0 N–H and O–H groups in total. The molecule has 0 heterocycles. The monoisotopic (exact) mass is 187 g/mol. The molecule has 0 aliphatic carbocycles. The number of halogens is 1. The minimum atomic E-state index is 0.592. The van der Waals surface area contributed by atoms with Gasteiger partial charge in [-0.1, -0.05) is 30.2 Å². The lowest BCUT2D eigenvalue weighted by atomic mass is 10.0. The molecule has 0 radical (unpaired) electrons. The van der Waals surface area contributed by atoms with Crippen molar-refractivity contribution in [2.24, 2.45) is 10.9 Å². The van der Waals surface area contributed by atoms with Gasteiger partial charge in [-0.3, -0.25) is 4.99 Å². The lowest BCUT2D eigenvalue weighted by molar-refractivity contribution is 0.591. The molecule has 12 heavy (non-hydrogen) atoms. The summed E-state index contributed by atoms with van der Waals surface area (Å²) < 4.78 is 0. The van der Waals surface area contributed by atoms with E-state index < -0.39 is 0 Å². The van der Waals surface area contributed by atoms with Crippen molar-refractivity contribution in [3.63, 3.8) is 0 Å². The van der Waals surface area contributed by atoms with Crippen LogP contribution < -0.4 is 0 Å². The average Bonchev–Trinajstić information content (AvgIpc) is 2.00. The third kappa shape index (κ3) is 6.41. The maximum atomic E-state index is 5.63. The van der Waals surface area contributed by atoms with Crippen LogP contribution in [0.1, 0.15) is 34.1 Å². The van der Waals surface area contributed by atoms with Crippen LogP contribution in [0, 0.1) is 5.92 Å². The first-order valence-corrected chi connectivity index (χ1v) is 4.72. The molecule has 0 saturated carbocycles. The average molecular weight is 188 g/mol. The zero-order valence-electron chi connectivity index (χ0n) is 8.39. The van der Waals surface area contributed by atoms with Crippen molar-refractivity contribution in [3.05, 3.63) is 11.6 Å². The molecule has 1 unspecified atom stereocenters. The van der Waals surface area contributed by atoms with E-state index in [4.69, 9.17) is 11.6 Å². The summed E-state index contributed by atoms with van der Waals surface area (Å²) in [5, 5.41) is 0.653. The number of aliphatic imine (C=N–C) groups is 1. The van der Waals surface area contributed by atoms with E-state index >= 15 is 0 Å². The van der Waals surface area contributed by atoms with E-state index in [2.05, 4.69) is 31.8 Å². The van der Waals surface area contributed by atoms with Gasteiger partial charge in [0.05, 0.1) is 5.17 Å². The Hall–Kier alpha value is -0.300. The van der Waals surface area contributed by atoms with E-state index in [0.717, 1.165) is 13.0 Å². The van der Waals surface area contributed by atoms with Crippen molar-refractivity contribution >= 4 is 16.8 Å². The highest BCUT2D eigenvalue weighted by molar-refractivity contribution is 6.64. The van der Waals surface area contributed by atoms with E-state index in [1.54, 1.807) is 0 Å². The molecule has 2 heteroatoms. The van der Waals surface area contributed by atoms with Crippen LogP contribution in [0.2, 0.25) is 0 Å². The zero-order valence-corrected chi connectivity index (χ0v) is 9.15. The van der Waals surface area contributed by atoms with E-state index in [1.807, 2.05) is 6.92 Å². The van der Waals surface area contributed by atoms with Crippen LogP contribution in [0.5, 0.6) is 0 Å². The molecule has 70 valence electrons. The Morgan fingerprint density at radius 3 is 2.50 bits per heavy atom. The second-order valence-electron chi connectivity index (χ2n) is 3.28. The predicted octanol–water partition coefficient (Wildman–Crippen LogP) is 3.64. The minimum absolute atomic E-state index is 0.592. The Morgan fingerprint density at radius 2 is 2.08 bits per heavy atom. The summed E-state index contributed by atoms with van der Waals surface area (Å²) in [4.78, 5) is 4.17. The first-order valence-electron chi connectivity index (χ1n) is 4.34. The van der Waals surface area contributed by atoms with Gasteiger partial charge >= 0.3 is 0 Å². The van der Waals surface area contributed by atoms with Crippen LogP contribution in [0.25, 0.3) is 0 Å². The first-order chi connectivity index (χ1) is 5.56. The molecule has 0 saturated heterocycles. The van der Waals surface area contributed by atoms with Crippen molar-refractivity contribution in [2.45, 2.75) is 34.1 Å². The molecule has 1 nitrogen and oxygen atoms in total. The van der Waals surface area contributed by atoms with Gasteiger partial charge in [0.2, 0.25) is 0 Å². The van der Waals surface area contributed by atoms with Gasteiger partial charge in [-0.25, -0.2) is 0 Å². The molecule has 0 aromatic carbocycles. The molecular weight excluding hydrogens is 170 g/mol. The van der Waals surface area contributed by atoms with Crippen LogP contribution >= 0.6 is 11.6 Å². The van der Waals surface area contributed by atoms with Crippen LogP contribution in [0.4, 0.5) is 0 Å². The van der Waals surface area contributed by atoms with Gasteiger partial charge in [-0.15, -0.1) is 0 Å². The fourth-order valence-electron chi connectivity index (χ4n) is 1.01. The Morgan fingerprint density at radius 1 is 1.50 bits per heavy atom. The van der Waals surface area contributed by atoms with Crippen molar-refractivity contribution < 1.29 is 0 Å². The van der Waals surface area contributed by atoms with Gasteiger partial charge in [0, 0.05) is 6.54 Å². The summed E-state index contributed by atoms with van der Waals surface area (Å²) in [6.07, 6.45) is 3.26. The number of allylic oxidation sites excluding steroid dienone is 2. The second-order valence-corrected chi connectivity index (χ2v) is 3.83. The topological polar surface area (TPSA) is 12.4 Å². The van der Waals surface area contributed by atoms with Crippen molar-refractivity contribution in [1.29, 1.82) is 0 Å². The molecule has 1 atom stereocenters. The van der Waals surface area contributed by atoms with Gasteiger partial charge < -0.3 is 0 Å². The van der Waals surface area contributed by atoms with Crippen LogP contribution in [-0.4, -0.2) is 11.7 Å².